The third kappa shape index (κ3) is 6.06. The highest BCUT2D eigenvalue weighted by Crippen LogP contribution is 2.40. The van der Waals surface area contributed by atoms with Crippen LogP contribution in [0.15, 0.2) is 70.2 Å². The number of benzene rings is 2. The topological polar surface area (TPSA) is 89.0 Å². The molecule has 0 unspecified atom stereocenters. The molecule has 0 radical (unpaired) electrons. The van der Waals surface area contributed by atoms with Gasteiger partial charge in [-0.2, -0.15) is 8.42 Å². The van der Waals surface area contributed by atoms with E-state index in [0.29, 0.717) is 20.9 Å². The molecule has 2 amide bonds. The molecule has 0 aliphatic heterocycles. The fraction of sp³-hybridized carbons (Fsp3) is 0.250. The zero-order chi connectivity index (χ0) is 26.0. The van der Waals surface area contributed by atoms with Gasteiger partial charge in [-0.25, -0.2) is 14.7 Å². The van der Waals surface area contributed by atoms with E-state index in [0.717, 1.165) is 6.20 Å². The third-order valence-corrected chi connectivity index (χ3v) is 7.56. The van der Waals surface area contributed by atoms with Crippen LogP contribution in [-0.2, 0) is 10.1 Å². The number of anilines is 2. The van der Waals surface area contributed by atoms with E-state index in [4.69, 9.17) is 20.5 Å². The molecule has 11 heteroatoms. The van der Waals surface area contributed by atoms with Crippen LogP contribution in [0, 0.1) is 0 Å². The number of amides is 2. The maximum absolute atomic E-state index is 13.6. The fourth-order valence-electron chi connectivity index (χ4n) is 2.92. The molecule has 0 saturated heterocycles. The minimum atomic E-state index is -4.13. The van der Waals surface area contributed by atoms with Crippen molar-refractivity contribution in [2.24, 2.45) is 0 Å². The van der Waals surface area contributed by atoms with Gasteiger partial charge >= 0.3 is 16.1 Å². The summed E-state index contributed by atoms with van der Waals surface area (Å²) in [6.45, 7) is 5.66. The lowest BCUT2D eigenvalue weighted by Crippen LogP contribution is -2.48. The fourth-order valence-corrected chi connectivity index (χ4v) is 4.28. The Bertz CT molecular complexity index is 1310. The molecule has 8 nitrogen and oxygen atoms in total. The Labute approximate surface area is 218 Å². The van der Waals surface area contributed by atoms with Gasteiger partial charge in [-0.15, -0.1) is 0 Å². The number of para-hydroxylation sites is 1. The summed E-state index contributed by atoms with van der Waals surface area (Å²) < 4.78 is 36.7. The highest BCUT2D eigenvalue weighted by Gasteiger charge is 2.32. The maximum atomic E-state index is 13.6. The molecule has 3 aromatic rings. The average Bonchev–Trinajstić information content (AvgIpc) is 2.80. The normalized spacial score (nSPS) is 11.6. The van der Waals surface area contributed by atoms with Gasteiger partial charge in [-0.3, -0.25) is 0 Å². The van der Waals surface area contributed by atoms with E-state index in [2.05, 4.69) is 20.9 Å². The molecule has 0 fully saturated rings. The summed E-state index contributed by atoms with van der Waals surface area (Å²) in [7, 11) is -1.00. The number of methoxy groups -OCH3 is 1. The predicted molar refractivity (Wildman–Crippen MR) is 139 cm³/mol. The van der Waals surface area contributed by atoms with E-state index in [1.807, 2.05) is 20.8 Å². The van der Waals surface area contributed by atoms with Crippen LogP contribution >= 0.6 is 27.5 Å². The van der Waals surface area contributed by atoms with Gasteiger partial charge in [0, 0.05) is 17.1 Å². The van der Waals surface area contributed by atoms with Gasteiger partial charge in [0.25, 0.3) is 0 Å². The first-order valence-electron chi connectivity index (χ1n) is 10.4. The lowest BCUT2D eigenvalue weighted by molar-refractivity contribution is 0.174. The molecule has 0 aliphatic rings. The first kappa shape index (κ1) is 26.8. The standard InChI is InChI=1S/C24H25BrClN3O5S/c1-24(2,3)28(4)23(30)29(20-14-19(26)18(25)13-21(20)33-5)22-12-11-17(15-27-22)35(31,32)34-16-9-7-6-8-10-16/h6-15H,1-5H3. The second-order valence-corrected chi connectivity index (χ2v) is 11.3. The summed E-state index contributed by atoms with van der Waals surface area (Å²) in [6, 6.07) is 13.7. The number of hydrogen-bond acceptors (Lipinski definition) is 6. The van der Waals surface area contributed by atoms with E-state index in [-0.39, 0.29) is 16.5 Å². The van der Waals surface area contributed by atoms with Crippen molar-refractivity contribution in [1.82, 2.24) is 9.88 Å². The van der Waals surface area contributed by atoms with Crippen molar-refractivity contribution in [3.8, 4) is 11.5 Å². The van der Waals surface area contributed by atoms with E-state index in [1.165, 1.54) is 41.2 Å². The molecule has 0 N–H and O–H groups in total. The lowest BCUT2D eigenvalue weighted by atomic mass is 10.1. The lowest BCUT2D eigenvalue weighted by Gasteiger charge is -2.36. The molecular formula is C24H25BrClN3O5S. The van der Waals surface area contributed by atoms with Gasteiger partial charge in [-0.1, -0.05) is 29.8 Å². The number of nitrogens with zero attached hydrogens (tertiary/aromatic N) is 3. The Morgan fingerprint density at radius 2 is 1.74 bits per heavy atom. The molecule has 2 aromatic carbocycles. The van der Waals surface area contributed by atoms with Crippen LogP contribution in [0.5, 0.6) is 11.5 Å². The molecule has 1 heterocycles. The summed E-state index contributed by atoms with van der Waals surface area (Å²) >= 11 is 9.70. The summed E-state index contributed by atoms with van der Waals surface area (Å²) in [5.41, 5.74) is -0.181. The van der Waals surface area contributed by atoms with Crippen LogP contribution < -0.4 is 13.8 Å². The number of ether oxygens (including phenoxy) is 1. The van der Waals surface area contributed by atoms with Crippen molar-refractivity contribution in [2.45, 2.75) is 31.2 Å². The predicted octanol–water partition coefficient (Wildman–Crippen LogP) is 6.26. The number of rotatable bonds is 6. The van der Waals surface area contributed by atoms with Crippen LogP contribution in [0.2, 0.25) is 5.02 Å². The van der Waals surface area contributed by atoms with Crippen LogP contribution in [0.1, 0.15) is 20.8 Å². The van der Waals surface area contributed by atoms with Crippen molar-refractivity contribution in [1.29, 1.82) is 0 Å². The molecule has 0 spiro atoms. The first-order valence-corrected chi connectivity index (χ1v) is 13.0. The van der Waals surface area contributed by atoms with Crippen molar-refractivity contribution >= 4 is 55.2 Å². The molecule has 35 heavy (non-hydrogen) atoms. The third-order valence-electron chi connectivity index (χ3n) is 5.13. The van der Waals surface area contributed by atoms with Crippen LogP contribution in [0.3, 0.4) is 0 Å². The van der Waals surface area contributed by atoms with Gasteiger partial charge in [0.2, 0.25) is 0 Å². The number of aromatic nitrogens is 1. The summed E-state index contributed by atoms with van der Waals surface area (Å²) in [5, 5.41) is 0.354. The second-order valence-electron chi connectivity index (χ2n) is 8.49. The van der Waals surface area contributed by atoms with E-state index in [9.17, 15) is 13.2 Å². The number of hydrogen-bond donors (Lipinski definition) is 0. The largest absolute Gasteiger partial charge is 0.495 e. The van der Waals surface area contributed by atoms with Gasteiger partial charge in [-0.05, 0) is 73.1 Å². The second kappa shape index (κ2) is 10.4. The SMILES string of the molecule is COc1cc(Br)c(Cl)cc1N(C(=O)N(C)C(C)(C)C)c1ccc(S(=O)(=O)Oc2ccccc2)cn1. The van der Waals surface area contributed by atoms with Gasteiger partial charge in [0.15, 0.2) is 0 Å². The van der Waals surface area contributed by atoms with E-state index in [1.54, 1.807) is 37.4 Å². The Morgan fingerprint density at radius 1 is 1.09 bits per heavy atom. The van der Waals surface area contributed by atoms with Gasteiger partial charge < -0.3 is 13.8 Å². The highest BCUT2D eigenvalue weighted by molar-refractivity contribution is 9.10. The minimum absolute atomic E-state index is 0.164. The van der Waals surface area contributed by atoms with E-state index >= 15 is 0 Å². The van der Waals surface area contributed by atoms with Crippen molar-refractivity contribution in [3.63, 3.8) is 0 Å². The summed E-state index contributed by atoms with van der Waals surface area (Å²) in [5.74, 6) is 0.707. The van der Waals surface area contributed by atoms with Crippen molar-refractivity contribution < 1.29 is 22.1 Å². The molecule has 186 valence electrons. The quantitative estimate of drug-likeness (QED) is 0.319. The van der Waals surface area contributed by atoms with Crippen molar-refractivity contribution in [2.75, 3.05) is 19.1 Å². The molecule has 1 aromatic heterocycles. The van der Waals surface area contributed by atoms with Gasteiger partial charge in [0.05, 0.1) is 24.0 Å². The van der Waals surface area contributed by atoms with Gasteiger partial charge in [0.1, 0.15) is 22.2 Å². The van der Waals surface area contributed by atoms with E-state index < -0.39 is 21.7 Å². The molecule has 0 bridgehead atoms. The average molecular weight is 583 g/mol. The van der Waals surface area contributed by atoms with Crippen LogP contribution in [-0.4, -0.2) is 44.0 Å². The molecule has 0 aliphatic carbocycles. The Kier molecular flexibility index (Phi) is 7.98. The summed E-state index contributed by atoms with van der Waals surface area (Å²) in [6.07, 6.45) is 1.14. The molecular weight excluding hydrogens is 558 g/mol. The molecule has 3 rings (SSSR count). The number of urea groups is 1. The van der Waals surface area contributed by atoms with Crippen LogP contribution in [0.4, 0.5) is 16.3 Å². The Balaban J connectivity index is 2.08. The zero-order valence-electron chi connectivity index (χ0n) is 19.8. The highest BCUT2D eigenvalue weighted by atomic mass is 79.9. The Morgan fingerprint density at radius 3 is 2.29 bits per heavy atom. The monoisotopic (exact) mass is 581 g/mol. The smallest absolute Gasteiger partial charge is 0.340 e. The van der Waals surface area contributed by atoms with Crippen LogP contribution in [0.25, 0.3) is 0 Å². The number of carbonyl (C=O) groups excluding carboxylic acids is 1. The molecule has 0 saturated carbocycles. The number of pyridine rings is 1. The maximum Gasteiger partial charge on any atom is 0.340 e. The number of carbonyl (C=O) groups is 1. The van der Waals surface area contributed by atoms with Crippen molar-refractivity contribution in [3.05, 3.63) is 70.3 Å². The molecule has 0 atom stereocenters. The zero-order valence-corrected chi connectivity index (χ0v) is 23.0. The first-order chi connectivity index (χ1) is 16.3. The minimum Gasteiger partial charge on any atom is -0.495 e. The number of halogens is 2. The summed E-state index contributed by atoms with van der Waals surface area (Å²) in [4.78, 5) is 20.6. The Hall–Kier alpha value is -2.82.